The number of aromatic nitrogens is 3. The van der Waals surface area contributed by atoms with Gasteiger partial charge in [0, 0.05) is 5.56 Å². The van der Waals surface area contributed by atoms with Crippen molar-refractivity contribution in [1.29, 1.82) is 0 Å². The minimum Gasteiger partial charge on any atom is -0.490 e. The van der Waals surface area contributed by atoms with Crippen LogP contribution in [0.2, 0.25) is 0 Å². The Morgan fingerprint density at radius 2 is 1.89 bits per heavy atom. The van der Waals surface area contributed by atoms with Gasteiger partial charge < -0.3 is 13.9 Å². The zero-order chi connectivity index (χ0) is 19.4. The summed E-state index contributed by atoms with van der Waals surface area (Å²) in [7, 11) is 0. The van der Waals surface area contributed by atoms with Crippen LogP contribution in [0.3, 0.4) is 0 Å². The van der Waals surface area contributed by atoms with Crippen LogP contribution in [0.1, 0.15) is 34.9 Å². The first-order valence-electron chi connectivity index (χ1n) is 8.50. The molecule has 3 aromatic rings. The molecule has 0 bridgehead atoms. The maximum absolute atomic E-state index is 12.5. The Balaban J connectivity index is 1.77. The highest BCUT2D eigenvalue weighted by Crippen LogP contribution is 2.30. The van der Waals surface area contributed by atoms with E-state index in [9.17, 15) is 4.79 Å². The first-order valence-corrected chi connectivity index (χ1v) is 9.32. The van der Waals surface area contributed by atoms with Crippen molar-refractivity contribution in [1.82, 2.24) is 15.2 Å². The van der Waals surface area contributed by atoms with E-state index in [1.165, 1.54) is 11.3 Å². The summed E-state index contributed by atoms with van der Waals surface area (Å²) in [6, 6.07) is 4.99. The molecular formula is C18H20N4O4S. The lowest BCUT2D eigenvalue weighted by molar-refractivity contribution is 0.102. The van der Waals surface area contributed by atoms with E-state index < -0.39 is 0 Å². The molecule has 0 aliphatic carbocycles. The van der Waals surface area contributed by atoms with Crippen LogP contribution >= 0.6 is 11.3 Å². The first-order chi connectivity index (χ1) is 13.0. The van der Waals surface area contributed by atoms with Gasteiger partial charge in [-0.05, 0) is 45.9 Å². The molecule has 8 nitrogen and oxygen atoms in total. The molecular weight excluding hydrogens is 368 g/mol. The summed E-state index contributed by atoms with van der Waals surface area (Å²) in [4.78, 5) is 17.6. The number of carbonyl (C=O) groups is 1. The second-order valence-electron chi connectivity index (χ2n) is 5.54. The molecule has 1 N–H and O–H groups in total. The topological polar surface area (TPSA) is 99.4 Å². The zero-order valence-corrected chi connectivity index (χ0v) is 16.3. The first kappa shape index (κ1) is 18.8. The van der Waals surface area contributed by atoms with Gasteiger partial charge in [-0.2, -0.15) is 0 Å². The molecule has 9 heteroatoms. The minimum atomic E-state index is -0.383. The van der Waals surface area contributed by atoms with Gasteiger partial charge in [-0.25, -0.2) is 4.98 Å². The third-order valence-corrected chi connectivity index (χ3v) is 4.61. The van der Waals surface area contributed by atoms with Gasteiger partial charge in [0.1, 0.15) is 4.88 Å². The molecule has 0 atom stereocenters. The number of aryl methyl sites for hydroxylation is 2. The van der Waals surface area contributed by atoms with Gasteiger partial charge >= 0.3 is 6.01 Å². The van der Waals surface area contributed by atoms with Crippen molar-refractivity contribution in [2.24, 2.45) is 0 Å². The van der Waals surface area contributed by atoms with E-state index in [1.807, 2.05) is 27.7 Å². The molecule has 0 fully saturated rings. The Bertz CT molecular complexity index is 951. The average molecular weight is 388 g/mol. The van der Waals surface area contributed by atoms with Crippen LogP contribution in [0.25, 0.3) is 10.8 Å². The summed E-state index contributed by atoms with van der Waals surface area (Å²) in [5, 5.41) is 11.4. The summed E-state index contributed by atoms with van der Waals surface area (Å²) in [5.74, 6) is 1.04. The van der Waals surface area contributed by atoms with E-state index in [1.54, 1.807) is 18.2 Å². The molecule has 1 amide bonds. The number of anilines is 1. The van der Waals surface area contributed by atoms with E-state index in [4.69, 9.17) is 13.9 Å². The second-order valence-corrected chi connectivity index (χ2v) is 6.74. The number of hydrogen-bond acceptors (Lipinski definition) is 8. The monoisotopic (exact) mass is 388 g/mol. The Labute approximate surface area is 160 Å². The SMILES string of the molecule is CCOc1ccc(C(=O)Nc2nnc(-c3sc(C)nc3C)o2)cc1OCC. The molecule has 0 aliphatic heterocycles. The number of nitrogens with one attached hydrogen (secondary N) is 1. The van der Waals surface area contributed by atoms with Crippen LogP contribution in [0.4, 0.5) is 6.01 Å². The lowest BCUT2D eigenvalue weighted by Crippen LogP contribution is -2.12. The predicted octanol–water partition coefficient (Wildman–Crippen LogP) is 3.86. The zero-order valence-electron chi connectivity index (χ0n) is 15.5. The summed E-state index contributed by atoms with van der Waals surface area (Å²) in [5.41, 5.74) is 1.21. The Morgan fingerprint density at radius 1 is 1.15 bits per heavy atom. The second kappa shape index (κ2) is 8.17. The lowest BCUT2D eigenvalue weighted by atomic mass is 10.2. The smallest absolute Gasteiger partial charge is 0.322 e. The molecule has 0 saturated heterocycles. The number of amides is 1. The highest BCUT2D eigenvalue weighted by atomic mass is 32.1. The minimum absolute atomic E-state index is 0.0206. The van der Waals surface area contributed by atoms with Gasteiger partial charge in [0.2, 0.25) is 0 Å². The number of hydrogen-bond donors (Lipinski definition) is 1. The van der Waals surface area contributed by atoms with Crippen molar-refractivity contribution in [2.45, 2.75) is 27.7 Å². The maximum Gasteiger partial charge on any atom is 0.322 e. The van der Waals surface area contributed by atoms with Crippen LogP contribution in [-0.2, 0) is 0 Å². The van der Waals surface area contributed by atoms with Crippen molar-refractivity contribution in [2.75, 3.05) is 18.5 Å². The van der Waals surface area contributed by atoms with E-state index in [0.717, 1.165) is 15.6 Å². The molecule has 2 aromatic heterocycles. The predicted molar refractivity (Wildman–Crippen MR) is 102 cm³/mol. The van der Waals surface area contributed by atoms with Crippen molar-refractivity contribution in [3.63, 3.8) is 0 Å². The van der Waals surface area contributed by atoms with Crippen LogP contribution in [0.5, 0.6) is 11.5 Å². The molecule has 1 aromatic carbocycles. The summed E-state index contributed by atoms with van der Waals surface area (Å²) < 4.78 is 16.6. The fraction of sp³-hybridized carbons (Fsp3) is 0.333. The Hall–Kier alpha value is -2.94. The summed E-state index contributed by atoms with van der Waals surface area (Å²) in [6.45, 7) is 8.50. The largest absolute Gasteiger partial charge is 0.490 e. The molecule has 27 heavy (non-hydrogen) atoms. The van der Waals surface area contributed by atoms with Gasteiger partial charge in [-0.1, -0.05) is 5.10 Å². The molecule has 0 unspecified atom stereocenters. The van der Waals surface area contributed by atoms with Gasteiger partial charge in [-0.15, -0.1) is 16.4 Å². The summed E-state index contributed by atoms with van der Waals surface area (Å²) >= 11 is 1.46. The third-order valence-electron chi connectivity index (χ3n) is 3.55. The van der Waals surface area contributed by atoms with Crippen LogP contribution in [0, 0.1) is 13.8 Å². The number of ether oxygens (including phenoxy) is 2. The third kappa shape index (κ3) is 4.25. The fourth-order valence-electron chi connectivity index (χ4n) is 2.46. The number of benzene rings is 1. The number of carbonyl (C=O) groups excluding carboxylic acids is 1. The molecule has 0 radical (unpaired) electrons. The van der Waals surface area contributed by atoms with Crippen LogP contribution < -0.4 is 14.8 Å². The van der Waals surface area contributed by atoms with E-state index in [-0.39, 0.29) is 11.9 Å². The number of nitrogens with zero attached hydrogens (tertiary/aromatic N) is 3. The van der Waals surface area contributed by atoms with Gasteiger partial charge in [0.05, 0.1) is 23.9 Å². The Morgan fingerprint density at radius 3 is 2.56 bits per heavy atom. The quantitative estimate of drug-likeness (QED) is 0.656. The highest BCUT2D eigenvalue weighted by Gasteiger charge is 2.18. The average Bonchev–Trinajstić information content (AvgIpc) is 3.22. The molecule has 0 spiro atoms. The van der Waals surface area contributed by atoms with Crippen molar-refractivity contribution < 1.29 is 18.7 Å². The number of thiazole rings is 1. The van der Waals surface area contributed by atoms with Crippen LogP contribution in [0.15, 0.2) is 22.6 Å². The van der Waals surface area contributed by atoms with Crippen molar-refractivity contribution >= 4 is 23.3 Å². The van der Waals surface area contributed by atoms with Crippen LogP contribution in [-0.4, -0.2) is 34.3 Å². The van der Waals surface area contributed by atoms with Gasteiger partial charge in [-0.3, -0.25) is 10.1 Å². The van der Waals surface area contributed by atoms with Gasteiger partial charge in [0.25, 0.3) is 11.8 Å². The van der Waals surface area contributed by atoms with E-state index in [2.05, 4.69) is 20.5 Å². The maximum atomic E-state index is 12.5. The van der Waals surface area contributed by atoms with Crippen molar-refractivity contribution in [3.05, 3.63) is 34.5 Å². The molecule has 3 rings (SSSR count). The Kier molecular flexibility index (Phi) is 5.70. The number of rotatable bonds is 7. The van der Waals surface area contributed by atoms with Gasteiger partial charge in [0.15, 0.2) is 11.5 Å². The summed E-state index contributed by atoms with van der Waals surface area (Å²) in [6.07, 6.45) is 0. The van der Waals surface area contributed by atoms with E-state index in [0.29, 0.717) is 36.2 Å². The van der Waals surface area contributed by atoms with Crippen molar-refractivity contribution in [3.8, 4) is 22.3 Å². The normalized spacial score (nSPS) is 10.7. The molecule has 142 valence electrons. The molecule has 0 aliphatic rings. The fourth-order valence-corrected chi connectivity index (χ4v) is 3.30. The standard InChI is InChI=1S/C18H20N4O4S/c1-5-24-13-8-7-12(9-14(13)25-6-2)16(23)20-18-22-21-17(26-18)15-10(3)19-11(4)27-15/h7-9H,5-6H2,1-4H3,(H,20,22,23). The highest BCUT2D eigenvalue weighted by molar-refractivity contribution is 7.15. The molecule has 0 saturated carbocycles. The molecule has 2 heterocycles. The van der Waals surface area contributed by atoms with E-state index >= 15 is 0 Å². The lowest BCUT2D eigenvalue weighted by Gasteiger charge is -2.11.